The van der Waals surface area contributed by atoms with Crippen LogP contribution in [0.15, 0.2) is 12.3 Å². The molecule has 0 aliphatic carbocycles. The molecule has 1 aromatic heterocycles. The highest BCUT2D eigenvalue weighted by Crippen LogP contribution is 2.16. The minimum Gasteiger partial charge on any atom is -0.478 e. The number of morpholine rings is 1. The van der Waals surface area contributed by atoms with Gasteiger partial charge in [0.15, 0.2) is 0 Å². The predicted octanol–water partition coefficient (Wildman–Crippen LogP) is 1.31. The van der Waals surface area contributed by atoms with Crippen molar-refractivity contribution in [3.8, 4) is 0 Å². The topological polar surface area (TPSA) is 62.7 Å². The summed E-state index contributed by atoms with van der Waals surface area (Å²) in [5.41, 5.74) is 0.868. The molecule has 1 fully saturated rings. The molecular formula is C12H15ClN2O3. The summed E-state index contributed by atoms with van der Waals surface area (Å²) in [6.07, 6.45) is 2.12. The molecule has 0 amide bonds. The Labute approximate surface area is 110 Å². The lowest BCUT2D eigenvalue weighted by atomic mass is 10.2. The molecule has 1 aliphatic rings. The van der Waals surface area contributed by atoms with E-state index in [1.54, 1.807) is 6.07 Å². The number of halogens is 1. The molecule has 6 heteroatoms. The van der Waals surface area contributed by atoms with Crippen LogP contribution in [0.2, 0.25) is 5.02 Å². The molecular weight excluding hydrogens is 256 g/mol. The molecule has 0 aromatic carbocycles. The largest absolute Gasteiger partial charge is 0.478 e. The number of hydrogen-bond acceptors (Lipinski definition) is 4. The zero-order valence-electron chi connectivity index (χ0n) is 9.93. The zero-order chi connectivity index (χ0) is 13.0. The predicted molar refractivity (Wildman–Crippen MR) is 67.2 cm³/mol. The van der Waals surface area contributed by atoms with Crippen LogP contribution >= 0.6 is 11.6 Å². The summed E-state index contributed by atoms with van der Waals surface area (Å²) in [6, 6.07) is 1.55. The zero-order valence-corrected chi connectivity index (χ0v) is 10.7. The van der Waals surface area contributed by atoms with Gasteiger partial charge in [-0.3, -0.25) is 9.88 Å². The van der Waals surface area contributed by atoms with Crippen molar-refractivity contribution < 1.29 is 14.6 Å². The van der Waals surface area contributed by atoms with Gasteiger partial charge in [0.25, 0.3) is 0 Å². The summed E-state index contributed by atoms with van der Waals surface area (Å²) >= 11 is 5.77. The molecule has 2 rings (SSSR count). The Balaban J connectivity index is 1.96. The Bertz CT molecular complexity index is 433. The number of pyridine rings is 1. The molecule has 2 heterocycles. The molecule has 18 heavy (non-hydrogen) atoms. The van der Waals surface area contributed by atoms with Gasteiger partial charge in [0.05, 0.1) is 23.8 Å². The third kappa shape index (κ3) is 3.41. The van der Waals surface area contributed by atoms with Gasteiger partial charge in [-0.2, -0.15) is 0 Å². The van der Waals surface area contributed by atoms with Gasteiger partial charge < -0.3 is 9.84 Å². The van der Waals surface area contributed by atoms with Gasteiger partial charge in [-0.15, -0.1) is 0 Å². The van der Waals surface area contributed by atoms with Crippen LogP contribution in [-0.2, 0) is 11.2 Å². The van der Waals surface area contributed by atoms with E-state index >= 15 is 0 Å². The summed E-state index contributed by atoms with van der Waals surface area (Å²) in [7, 11) is 0. The average molecular weight is 271 g/mol. The Morgan fingerprint density at radius 3 is 2.89 bits per heavy atom. The molecule has 1 N–H and O–H groups in total. The standard InChI is InChI=1S/C12H15ClN2O3/c13-11-8-14-9(7-10(11)12(16)17)1-2-15-3-5-18-6-4-15/h7-8H,1-6H2,(H,16,17). The highest BCUT2D eigenvalue weighted by molar-refractivity contribution is 6.33. The van der Waals surface area contributed by atoms with E-state index in [1.807, 2.05) is 0 Å². The van der Waals surface area contributed by atoms with Gasteiger partial charge in [-0.05, 0) is 6.07 Å². The molecule has 0 atom stereocenters. The number of aromatic carboxylic acids is 1. The number of carboxylic acid groups (broad SMARTS) is 1. The van der Waals surface area contributed by atoms with Crippen LogP contribution in [0.5, 0.6) is 0 Å². The maximum atomic E-state index is 10.9. The lowest BCUT2D eigenvalue weighted by Crippen LogP contribution is -2.37. The van der Waals surface area contributed by atoms with Crippen LogP contribution in [0, 0.1) is 0 Å². The second-order valence-corrected chi connectivity index (χ2v) is 4.57. The smallest absolute Gasteiger partial charge is 0.337 e. The lowest BCUT2D eigenvalue weighted by Gasteiger charge is -2.26. The average Bonchev–Trinajstić information content (AvgIpc) is 2.38. The van der Waals surface area contributed by atoms with Gasteiger partial charge in [0.2, 0.25) is 0 Å². The number of hydrogen-bond donors (Lipinski definition) is 1. The summed E-state index contributed by atoms with van der Waals surface area (Å²) < 4.78 is 5.27. The normalized spacial score (nSPS) is 16.7. The molecule has 0 saturated carbocycles. The van der Waals surface area contributed by atoms with Crippen molar-refractivity contribution in [2.75, 3.05) is 32.8 Å². The first-order valence-electron chi connectivity index (χ1n) is 5.84. The minimum atomic E-state index is -1.02. The fourth-order valence-corrected chi connectivity index (χ4v) is 2.06. The Hall–Kier alpha value is -1.17. The van der Waals surface area contributed by atoms with E-state index in [0.29, 0.717) is 0 Å². The molecule has 1 saturated heterocycles. The van der Waals surface area contributed by atoms with Crippen LogP contribution in [0.3, 0.4) is 0 Å². The second kappa shape index (κ2) is 6.13. The van der Waals surface area contributed by atoms with E-state index in [0.717, 1.165) is 45.0 Å². The first kappa shape index (κ1) is 13.3. The van der Waals surface area contributed by atoms with Gasteiger partial charge in [-0.1, -0.05) is 11.6 Å². The molecule has 98 valence electrons. The monoisotopic (exact) mass is 270 g/mol. The van der Waals surface area contributed by atoms with Crippen LogP contribution in [-0.4, -0.2) is 53.8 Å². The Morgan fingerprint density at radius 2 is 2.22 bits per heavy atom. The summed E-state index contributed by atoms with van der Waals surface area (Å²) in [5.74, 6) is -1.02. The molecule has 0 spiro atoms. The summed E-state index contributed by atoms with van der Waals surface area (Å²) in [5, 5.41) is 9.15. The number of aromatic nitrogens is 1. The highest BCUT2D eigenvalue weighted by Gasteiger charge is 2.13. The molecule has 0 unspecified atom stereocenters. The first-order valence-corrected chi connectivity index (χ1v) is 6.22. The Morgan fingerprint density at radius 1 is 1.50 bits per heavy atom. The number of carboxylic acids is 1. The molecule has 0 radical (unpaired) electrons. The number of rotatable bonds is 4. The fraction of sp³-hybridized carbons (Fsp3) is 0.500. The van der Waals surface area contributed by atoms with Crippen molar-refractivity contribution >= 4 is 17.6 Å². The summed E-state index contributed by atoms with van der Waals surface area (Å²) in [6.45, 7) is 4.21. The van der Waals surface area contributed by atoms with Crippen LogP contribution in [0.1, 0.15) is 16.1 Å². The van der Waals surface area contributed by atoms with Crippen LogP contribution in [0.25, 0.3) is 0 Å². The van der Waals surface area contributed by atoms with Crippen molar-refractivity contribution in [1.82, 2.24) is 9.88 Å². The lowest BCUT2D eigenvalue weighted by molar-refractivity contribution is 0.0383. The quantitative estimate of drug-likeness (QED) is 0.894. The summed E-state index contributed by atoms with van der Waals surface area (Å²) in [4.78, 5) is 17.4. The third-order valence-electron chi connectivity index (χ3n) is 2.93. The van der Waals surface area contributed by atoms with E-state index in [2.05, 4.69) is 9.88 Å². The van der Waals surface area contributed by atoms with Crippen molar-refractivity contribution in [1.29, 1.82) is 0 Å². The third-order valence-corrected chi connectivity index (χ3v) is 3.23. The van der Waals surface area contributed by atoms with E-state index in [4.69, 9.17) is 21.4 Å². The maximum absolute atomic E-state index is 10.9. The molecule has 1 aromatic rings. The van der Waals surface area contributed by atoms with Crippen molar-refractivity contribution in [2.24, 2.45) is 0 Å². The van der Waals surface area contributed by atoms with Crippen LogP contribution in [0.4, 0.5) is 0 Å². The van der Waals surface area contributed by atoms with Crippen molar-refractivity contribution in [2.45, 2.75) is 6.42 Å². The van der Waals surface area contributed by atoms with E-state index in [9.17, 15) is 4.79 Å². The van der Waals surface area contributed by atoms with Gasteiger partial charge in [-0.25, -0.2) is 4.79 Å². The van der Waals surface area contributed by atoms with E-state index < -0.39 is 5.97 Å². The highest BCUT2D eigenvalue weighted by atomic mass is 35.5. The maximum Gasteiger partial charge on any atom is 0.337 e. The molecule has 0 bridgehead atoms. The van der Waals surface area contributed by atoms with E-state index in [-0.39, 0.29) is 10.6 Å². The van der Waals surface area contributed by atoms with E-state index in [1.165, 1.54) is 6.20 Å². The second-order valence-electron chi connectivity index (χ2n) is 4.16. The van der Waals surface area contributed by atoms with Gasteiger partial charge in [0, 0.05) is 37.9 Å². The molecule has 5 nitrogen and oxygen atoms in total. The minimum absolute atomic E-state index is 0.114. The first-order chi connectivity index (χ1) is 8.66. The number of ether oxygens (including phenoxy) is 1. The van der Waals surface area contributed by atoms with Crippen LogP contribution < -0.4 is 0 Å². The molecule has 1 aliphatic heterocycles. The number of nitrogens with zero attached hydrogens (tertiary/aromatic N) is 2. The Kier molecular flexibility index (Phi) is 4.52. The van der Waals surface area contributed by atoms with Crippen molar-refractivity contribution in [3.05, 3.63) is 28.5 Å². The van der Waals surface area contributed by atoms with Crippen molar-refractivity contribution in [3.63, 3.8) is 0 Å². The van der Waals surface area contributed by atoms with Gasteiger partial charge in [0.1, 0.15) is 0 Å². The number of carbonyl (C=O) groups is 1. The fourth-order valence-electron chi connectivity index (χ4n) is 1.88. The SMILES string of the molecule is O=C(O)c1cc(CCN2CCOCC2)ncc1Cl. The van der Waals surface area contributed by atoms with Gasteiger partial charge >= 0.3 is 5.97 Å².